The van der Waals surface area contributed by atoms with Crippen LogP contribution in [0.3, 0.4) is 0 Å². The van der Waals surface area contributed by atoms with E-state index in [1.54, 1.807) is 0 Å². The molecule has 0 saturated carbocycles. The second-order valence-electron chi connectivity index (χ2n) is 5.59. The molecule has 0 spiro atoms. The third-order valence-electron chi connectivity index (χ3n) is 1.35. The van der Waals surface area contributed by atoms with E-state index in [1.807, 2.05) is 19.9 Å². The van der Waals surface area contributed by atoms with Crippen LogP contribution < -0.4 is 10.8 Å². The number of nitriles is 1. The third kappa shape index (κ3) is 23.1. The van der Waals surface area contributed by atoms with E-state index in [0.29, 0.717) is 12.3 Å². The molecule has 4 heteroatoms. The Kier molecular flexibility index (Phi) is 8.79. The van der Waals surface area contributed by atoms with Gasteiger partial charge in [-0.15, -0.1) is 0 Å². The maximum absolute atomic E-state index is 10.1. The molecule has 0 amide bonds. The lowest BCUT2D eigenvalue weighted by Crippen LogP contribution is -2.67. The molecule has 1 atom stereocenters. The molecule has 0 aromatic carbocycles. The van der Waals surface area contributed by atoms with Gasteiger partial charge >= 0.3 is 0 Å². The summed E-state index contributed by atoms with van der Waals surface area (Å²) in [5, 5.41) is 18.6. The van der Waals surface area contributed by atoms with E-state index in [0.717, 1.165) is 0 Å². The fourth-order valence-electron chi connectivity index (χ4n) is 0.952. The highest BCUT2D eigenvalue weighted by Gasteiger charge is 2.09. The van der Waals surface area contributed by atoms with Crippen molar-refractivity contribution in [3.63, 3.8) is 0 Å². The fourth-order valence-corrected chi connectivity index (χ4v) is 0.952. The number of aliphatic carboxylic acids is 1. The summed E-state index contributed by atoms with van der Waals surface area (Å²) in [5.41, 5.74) is 4.02. The second kappa shape index (κ2) is 8.12. The second-order valence-corrected chi connectivity index (χ2v) is 5.59. The minimum absolute atomic E-state index is 0.144. The Hall–Kier alpha value is -1.08. The first-order valence-electron chi connectivity index (χ1n) is 5.51. The number of hydrogen-bond donors (Lipinski definition) is 1. The largest absolute Gasteiger partial charge is 0.550 e. The minimum atomic E-state index is -1.14. The van der Waals surface area contributed by atoms with Crippen LogP contribution >= 0.6 is 0 Å². The Morgan fingerprint density at radius 2 is 1.81 bits per heavy atom. The lowest BCUT2D eigenvalue weighted by Gasteiger charge is -2.11. The minimum Gasteiger partial charge on any atom is -0.550 e. The number of carbonyl (C=O) groups excluding carboxylic acids is 1. The van der Waals surface area contributed by atoms with Gasteiger partial charge in [-0.1, -0.05) is 13.8 Å². The molecule has 3 N–H and O–H groups in total. The number of rotatable bonds is 4. The Morgan fingerprint density at radius 1 is 1.44 bits per heavy atom. The van der Waals surface area contributed by atoms with Gasteiger partial charge in [0.1, 0.15) is 0 Å². The summed E-state index contributed by atoms with van der Waals surface area (Å²) in [6.45, 7) is 10.1. The van der Waals surface area contributed by atoms with Crippen molar-refractivity contribution in [2.24, 2.45) is 11.8 Å². The van der Waals surface area contributed by atoms with Gasteiger partial charge in [0.15, 0.2) is 0 Å². The first-order chi connectivity index (χ1) is 7.06. The van der Waals surface area contributed by atoms with Gasteiger partial charge < -0.3 is 15.6 Å². The summed E-state index contributed by atoms with van der Waals surface area (Å²) in [6.07, 6.45) is 0.485. The van der Waals surface area contributed by atoms with E-state index >= 15 is 0 Å². The highest BCUT2D eigenvalue weighted by Crippen LogP contribution is 2.13. The maximum Gasteiger partial charge on any atom is 0.0860 e. The zero-order valence-electron chi connectivity index (χ0n) is 11.0. The van der Waals surface area contributed by atoms with Crippen molar-refractivity contribution < 1.29 is 15.6 Å². The molecule has 94 valence electrons. The zero-order chi connectivity index (χ0) is 13.4. The van der Waals surface area contributed by atoms with E-state index < -0.39 is 5.97 Å². The molecule has 0 fully saturated rings. The van der Waals surface area contributed by atoms with Gasteiger partial charge in [0, 0.05) is 12.4 Å². The zero-order valence-corrected chi connectivity index (χ0v) is 11.0. The van der Waals surface area contributed by atoms with Gasteiger partial charge in [-0.3, -0.25) is 0 Å². The van der Waals surface area contributed by atoms with E-state index in [1.165, 1.54) is 0 Å². The normalized spacial score (nSPS) is 12.4. The van der Waals surface area contributed by atoms with Crippen LogP contribution in [0.4, 0.5) is 0 Å². The predicted octanol–water partition coefficient (Wildman–Crippen LogP) is 0.339. The number of carboxylic acids is 1. The summed E-state index contributed by atoms with van der Waals surface area (Å²) >= 11 is 0. The standard InChI is InChI=1S/C8H13NO2.C4H11N/c1-6(2)3-7(5-9)4-8(10)11;1-4(2,3)5/h6-7H,3-4H2,1-2H3,(H,10,11);5H2,1-3H3/t7-;/m1./s1. The Balaban J connectivity index is 0. The van der Waals surface area contributed by atoms with Gasteiger partial charge in [-0.2, -0.15) is 5.26 Å². The van der Waals surface area contributed by atoms with E-state index in [9.17, 15) is 9.90 Å². The molecular weight excluding hydrogens is 204 g/mol. The van der Waals surface area contributed by atoms with Crippen molar-refractivity contribution in [1.29, 1.82) is 5.26 Å². The smallest absolute Gasteiger partial charge is 0.0860 e. The van der Waals surface area contributed by atoms with Crippen molar-refractivity contribution in [3.05, 3.63) is 0 Å². The van der Waals surface area contributed by atoms with E-state index in [-0.39, 0.29) is 17.9 Å². The van der Waals surface area contributed by atoms with Crippen molar-refractivity contribution in [3.8, 4) is 6.07 Å². The van der Waals surface area contributed by atoms with Crippen LogP contribution in [0.5, 0.6) is 0 Å². The van der Waals surface area contributed by atoms with Gasteiger partial charge in [-0.05, 0) is 33.1 Å². The Morgan fingerprint density at radius 3 is 2.00 bits per heavy atom. The lowest BCUT2D eigenvalue weighted by molar-refractivity contribution is -0.458. The molecule has 0 radical (unpaired) electrons. The van der Waals surface area contributed by atoms with Crippen LogP contribution in [0, 0.1) is 23.2 Å². The van der Waals surface area contributed by atoms with Gasteiger partial charge in [0.25, 0.3) is 0 Å². The molecule has 0 bridgehead atoms. The topological polar surface area (TPSA) is 91.6 Å². The molecule has 0 aliphatic heterocycles. The van der Waals surface area contributed by atoms with Crippen LogP contribution in [0.25, 0.3) is 0 Å². The van der Waals surface area contributed by atoms with Gasteiger partial charge in [0.2, 0.25) is 0 Å². The summed E-state index contributed by atoms with van der Waals surface area (Å²) in [4.78, 5) is 10.1. The lowest BCUT2D eigenvalue weighted by atomic mass is 9.96. The molecular formula is C12H24N2O2. The number of carboxylic acid groups (broad SMARTS) is 1. The van der Waals surface area contributed by atoms with Crippen molar-refractivity contribution >= 4 is 5.97 Å². The SMILES string of the molecule is CC(C)(C)[NH3+].CC(C)C[C@@H](C#N)CC(=O)[O-]. The monoisotopic (exact) mass is 228 g/mol. The molecule has 16 heavy (non-hydrogen) atoms. The first kappa shape index (κ1) is 17.3. The van der Waals surface area contributed by atoms with Crippen LogP contribution in [-0.4, -0.2) is 11.5 Å². The van der Waals surface area contributed by atoms with Crippen molar-refractivity contribution in [1.82, 2.24) is 0 Å². The van der Waals surface area contributed by atoms with Crippen LogP contribution in [0.2, 0.25) is 0 Å². The maximum atomic E-state index is 10.1. The van der Waals surface area contributed by atoms with Gasteiger partial charge in [-0.25, -0.2) is 0 Å². The predicted molar refractivity (Wildman–Crippen MR) is 60.8 cm³/mol. The molecule has 0 aromatic rings. The fraction of sp³-hybridized carbons (Fsp3) is 0.833. The Labute approximate surface area is 98.4 Å². The van der Waals surface area contributed by atoms with Crippen LogP contribution in [-0.2, 0) is 4.79 Å². The molecule has 0 aliphatic rings. The van der Waals surface area contributed by atoms with Crippen molar-refractivity contribution in [2.75, 3.05) is 0 Å². The van der Waals surface area contributed by atoms with E-state index in [4.69, 9.17) is 5.26 Å². The first-order valence-corrected chi connectivity index (χ1v) is 5.51. The summed E-state index contributed by atoms with van der Waals surface area (Å²) in [5.74, 6) is -1.17. The van der Waals surface area contributed by atoms with E-state index in [2.05, 4.69) is 26.5 Å². The third-order valence-corrected chi connectivity index (χ3v) is 1.35. The Bertz CT molecular complexity index is 230. The number of quaternary nitrogens is 1. The number of carbonyl (C=O) groups is 1. The quantitative estimate of drug-likeness (QED) is 0.752. The molecule has 0 aromatic heterocycles. The molecule has 0 unspecified atom stereocenters. The summed E-state index contributed by atoms with van der Waals surface area (Å²) in [6, 6.07) is 1.94. The highest BCUT2D eigenvalue weighted by molar-refractivity contribution is 5.64. The average Bonchev–Trinajstić information content (AvgIpc) is 1.97. The van der Waals surface area contributed by atoms with Crippen molar-refractivity contribution in [2.45, 2.75) is 53.0 Å². The summed E-state index contributed by atoms with van der Waals surface area (Å²) < 4.78 is 0. The summed E-state index contributed by atoms with van der Waals surface area (Å²) in [7, 11) is 0. The molecule has 0 heterocycles. The number of nitrogens with zero attached hydrogens (tertiary/aromatic N) is 1. The molecule has 0 rings (SSSR count). The molecule has 0 saturated heterocycles. The number of hydrogen-bond acceptors (Lipinski definition) is 3. The highest BCUT2D eigenvalue weighted by atomic mass is 16.4. The van der Waals surface area contributed by atoms with Crippen LogP contribution in [0.1, 0.15) is 47.5 Å². The average molecular weight is 228 g/mol. The molecule has 4 nitrogen and oxygen atoms in total. The molecule has 0 aliphatic carbocycles. The van der Waals surface area contributed by atoms with Gasteiger partial charge in [0.05, 0.1) is 17.5 Å². The van der Waals surface area contributed by atoms with Crippen LogP contribution in [0.15, 0.2) is 0 Å².